The number of fused-ring (bicyclic) bond motifs is 5. The van der Waals surface area contributed by atoms with Crippen LogP contribution >= 0.6 is 0 Å². The number of aliphatic hydroxyl groups is 2. The Morgan fingerprint density at radius 1 is 1.03 bits per heavy atom. The lowest BCUT2D eigenvalue weighted by molar-refractivity contribution is -0.273. The number of hydrogen-bond donors (Lipinski definition) is 2. The van der Waals surface area contributed by atoms with Gasteiger partial charge in [-0.3, -0.25) is 0 Å². The van der Waals surface area contributed by atoms with Gasteiger partial charge in [-0.1, -0.05) is 13.8 Å². The van der Waals surface area contributed by atoms with Crippen LogP contribution in [-0.2, 0) is 23.7 Å². The Morgan fingerprint density at radius 3 is 2.57 bits per heavy atom. The topological polar surface area (TPSA) is 94.5 Å². The normalized spacial score (nSPS) is 53.6. The predicted octanol–water partition coefficient (Wildman–Crippen LogP) is 4.14. The fourth-order valence-corrected chi connectivity index (χ4v) is 10.0. The lowest BCUT2D eigenvalue weighted by atomic mass is 9.43. The summed E-state index contributed by atoms with van der Waals surface area (Å²) in [4.78, 5) is 11.8. The maximum Gasteiger partial charge on any atom is 0.331 e. The molecule has 208 valence electrons. The molecule has 0 aromatic carbocycles. The van der Waals surface area contributed by atoms with E-state index in [0.717, 1.165) is 63.4 Å². The van der Waals surface area contributed by atoms with Crippen LogP contribution in [0.4, 0.5) is 0 Å². The Labute approximate surface area is 221 Å². The van der Waals surface area contributed by atoms with Crippen molar-refractivity contribution < 1.29 is 34.0 Å². The molecule has 7 heteroatoms. The number of carbonyl (C=O) groups excluding carboxylic acids is 1. The summed E-state index contributed by atoms with van der Waals surface area (Å²) in [6.07, 6.45) is 10.2. The smallest absolute Gasteiger partial charge is 0.331 e. The Kier molecular flexibility index (Phi) is 6.59. The summed E-state index contributed by atoms with van der Waals surface area (Å²) >= 11 is 0. The van der Waals surface area contributed by atoms with E-state index in [2.05, 4.69) is 13.8 Å². The standard InChI is InChI=1S/C30H46O7/c1-17-27(32)24(34-4)15-26(36-17)37-20-7-10-28(2)19(14-20)5-6-23-22(28)8-11-29(3)21(9-12-30(23,29)33)18-13-25(31)35-16-18/h13,17,19-24,26-27,32-33H,5-12,14-16H2,1-4H3/t17-,19-,20+,21-,22+,23-,24+,26-,27+,28+,29-,30+/m1/s1. The third kappa shape index (κ3) is 3.97. The fourth-order valence-electron chi connectivity index (χ4n) is 10.0. The van der Waals surface area contributed by atoms with E-state index < -0.39 is 11.7 Å². The molecule has 2 N–H and O–H groups in total. The van der Waals surface area contributed by atoms with Gasteiger partial charge in [0.05, 0.1) is 23.9 Å². The van der Waals surface area contributed by atoms with Gasteiger partial charge >= 0.3 is 5.97 Å². The molecule has 2 aliphatic heterocycles. The molecular formula is C30H46O7. The van der Waals surface area contributed by atoms with Crippen molar-refractivity contribution >= 4 is 5.97 Å². The monoisotopic (exact) mass is 518 g/mol. The van der Waals surface area contributed by atoms with Crippen molar-refractivity contribution in [2.24, 2.45) is 34.5 Å². The zero-order chi connectivity index (χ0) is 26.2. The van der Waals surface area contributed by atoms with Gasteiger partial charge in [-0.25, -0.2) is 4.79 Å². The minimum Gasteiger partial charge on any atom is -0.458 e. The second kappa shape index (κ2) is 9.29. The van der Waals surface area contributed by atoms with Crippen LogP contribution in [0.5, 0.6) is 0 Å². The summed E-state index contributed by atoms with van der Waals surface area (Å²) in [5, 5.41) is 22.7. The van der Waals surface area contributed by atoms with E-state index in [1.54, 1.807) is 13.2 Å². The molecule has 0 aromatic heterocycles. The van der Waals surface area contributed by atoms with E-state index in [4.69, 9.17) is 18.9 Å². The van der Waals surface area contributed by atoms with Gasteiger partial charge in [-0.15, -0.1) is 0 Å². The second-order valence-electron chi connectivity index (χ2n) is 13.6. The Hall–Kier alpha value is -0.990. The predicted molar refractivity (Wildman–Crippen MR) is 136 cm³/mol. The molecule has 5 fully saturated rings. The molecule has 6 aliphatic rings. The largest absolute Gasteiger partial charge is 0.458 e. The average Bonchev–Trinajstić information content (AvgIpc) is 3.41. The third-order valence-corrected chi connectivity index (χ3v) is 12.2. The number of rotatable bonds is 4. The van der Waals surface area contributed by atoms with Crippen molar-refractivity contribution in [3.8, 4) is 0 Å². The first kappa shape index (κ1) is 26.2. The van der Waals surface area contributed by atoms with Crippen LogP contribution in [0.2, 0.25) is 0 Å². The van der Waals surface area contributed by atoms with E-state index in [1.165, 1.54) is 0 Å². The van der Waals surface area contributed by atoms with E-state index in [9.17, 15) is 15.0 Å². The SMILES string of the molecule is CO[C@H]1C[C@@H](O[C@H]2CC[C@@]3(C)[C@H](CC[C@@H]4[C@@H]3CC[C@]3(C)[C@@H](C5=CC(=O)OC5)CC[C@]43O)C2)O[C@H](C)[C@@H]1O. The van der Waals surface area contributed by atoms with E-state index in [0.29, 0.717) is 30.8 Å². The van der Waals surface area contributed by atoms with E-state index in [1.807, 2.05) is 6.92 Å². The second-order valence-corrected chi connectivity index (χ2v) is 13.6. The molecule has 0 bridgehead atoms. The number of hydrogen-bond acceptors (Lipinski definition) is 7. The first-order valence-corrected chi connectivity index (χ1v) is 14.7. The summed E-state index contributed by atoms with van der Waals surface area (Å²) in [5.74, 6) is 1.45. The number of carbonyl (C=O) groups is 1. The molecule has 7 nitrogen and oxygen atoms in total. The highest BCUT2D eigenvalue weighted by atomic mass is 16.7. The number of ether oxygens (including phenoxy) is 4. The van der Waals surface area contributed by atoms with Gasteiger partial charge in [0.25, 0.3) is 0 Å². The fraction of sp³-hybridized carbons (Fsp3) is 0.900. The van der Waals surface area contributed by atoms with Gasteiger partial charge < -0.3 is 29.2 Å². The number of aliphatic hydroxyl groups excluding tert-OH is 1. The van der Waals surface area contributed by atoms with Crippen LogP contribution < -0.4 is 0 Å². The van der Waals surface area contributed by atoms with Gasteiger partial charge in [-0.05, 0) is 99.4 Å². The zero-order valence-corrected chi connectivity index (χ0v) is 23.0. The highest BCUT2D eigenvalue weighted by molar-refractivity contribution is 5.85. The summed E-state index contributed by atoms with van der Waals surface area (Å²) in [7, 11) is 1.64. The first-order chi connectivity index (χ1) is 17.6. The summed E-state index contributed by atoms with van der Waals surface area (Å²) in [6, 6.07) is 0. The maximum absolute atomic E-state index is 12.4. The highest BCUT2D eigenvalue weighted by Crippen LogP contribution is 2.70. The Morgan fingerprint density at radius 2 is 1.84 bits per heavy atom. The van der Waals surface area contributed by atoms with Gasteiger partial charge in [0.2, 0.25) is 0 Å². The van der Waals surface area contributed by atoms with Gasteiger partial charge in [0.15, 0.2) is 6.29 Å². The van der Waals surface area contributed by atoms with Crippen molar-refractivity contribution in [3.05, 3.63) is 11.6 Å². The zero-order valence-electron chi connectivity index (χ0n) is 23.0. The summed E-state index contributed by atoms with van der Waals surface area (Å²) in [5.41, 5.74) is 0.461. The van der Waals surface area contributed by atoms with E-state index >= 15 is 0 Å². The van der Waals surface area contributed by atoms with Crippen LogP contribution in [0.3, 0.4) is 0 Å². The van der Waals surface area contributed by atoms with Crippen LogP contribution in [-0.4, -0.2) is 66.2 Å². The molecule has 4 saturated carbocycles. The maximum atomic E-state index is 12.4. The van der Waals surface area contributed by atoms with Crippen LogP contribution in [0.25, 0.3) is 0 Å². The molecule has 0 radical (unpaired) electrons. The van der Waals surface area contributed by atoms with Crippen molar-refractivity contribution in [3.63, 3.8) is 0 Å². The number of cyclic esters (lactones) is 1. The van der Waals surface area contributed by atoms with Crippen molar-refractivity contribution in [1.29, 1.82) is 0 Å². The van der Waals surface area contributed by atoms with E-state index in [-0.39, 0.29) is 47.3 Å². The molecule has 2 heterocycles. The molecule has 4 aliphatic carbocycles. The number of esters is 1. The molecule has 0 unspecified atom stereocenters. The molecule has 0 aromatic rings. The lowest BCUT2D eigenvalue weighted by Crippen LogP contribution is -2.62. The van der Waals surface area contributed by atoms with Gasteiger partial charge in [0.1, 0.15) is 12.7 Å². The number of methoxy groups -OCH3 is 1. The Bertz CT molecular complexity index is 935. The Balaban J connectivity index is 1.15. The minimum absolute atomic E-state index is 0.166. The average molecular weight is 519 g/mol. The molecule has 12 atom stereocenters. The van der Waals surface area contributed by atoms with Crippen molar-refractivity contribution in [2.75, 3.05) is 13.7 Å². The highest BCUT2D eigenvalue weighted by Gasteiger charge is 2.67. The van der Waals surface area contributed by atoms with Gasteiger partial charge in [-0.2, -0.15) is 0 Å². The lowest BCUT2D eigenvalue weighted by Gasteiger charge is -2.64. The third-order valence-electron chi connectivity index (χ3n) is 12.2. The molecule has 6 rings (SSSR count). The molecule has 0 spiro atoms. The summed E-state index contributed by atoms with van der Waals surface area (Å²) < 4.78 is 23.2. The van der Waals surface area contributed by atoms with Crippen LogP contribution in [0.15, 0.2) is 11.6 Å². The quantitative estimate of drug-likeness (QED) is 0.427. The van der Waals surface area contributed by atoms with Gasteiger partial charge in [0, 0.05) is 25.0 Å². The molecule has 37 heavy (non-hydrogen) atoms. The minimum atomic E-state index is -0.670. The van der Waals surface area contributed by atoms with Crippen LogP contribution in [0, 0.1) is 34.5 Å². The summed E-state index contributed by atoms with van der Waals surface area (Å²) in [6.45, 7) is 7.07. The molecule has 0 amide bonds. The van der Waals surface area contributed by atoms with Crippen molar-refractivity contribution in [2.45, 2.75) is 121 Å². The molecular weight excluding hydrogens is 472 g/mol. The molecule has 1 saturated heterocycles. The van der Waals surface area contributed by atoms with Crippen LogP contribution in [0.1, 0.15) is 85.0 Å². The first-order valence-electron chi connectivity index (χ1n) is 14.7. The van der Waals surface area contributed by atoms with Crippen molar-refractivity contribution in [1.82, 2.24) is 0 Å².